The first-order valence-electron chi connectivity index (χ1n) is 7.18. The molecule has 0 saturated carbocycles. The molecule has 0 aliphatic rings. The van der Waals surface area contributed by atoms with Crippen molar-refractivity contribution in [2.45, 2.75) is 5.16 Å². The Labute approximate surface area is 148 Å². The summed E-state index contributed by atoms with van der Waals surface area (Å²) in [6.07, 6.45) is 0. The number of hydrogen-bond donors (Lipinski definition) is 0. The maximum Gasteiger partial charge on any atom is 0.269 e. The van der Waals surface area contributed by atoms with E-state index in [2.05, 4.69) is 15.5 Å². The summed E-state index contributed by atoms with van der Waals surface area (Å²) in [6.45, 7) is 0. The number of ether oxygens (including phenoxy) is 1. The van der Waals surface area contributed by atoms with Crippen molar-refractivity contribution in [1.29, 1.82) is 0 Å². The van der Waals surface area contributed by atoms with Crippen LogP contribution in [-0.2, 0) is 9.84 Å². The zero-order valence-corrected chi connectivity index (χ0v) is 14.2. The van der Waals surface area contributed by atoms with E-state index in [1.54, 1.807) is 24.3 Å². The topological polar surface area (TPSA) is 130 Å². The molecule has 0 aliphatic carbocycles. The van der Waals surface area contributed by atoms with Gasteiger partial charge in [-0.1, -0.05) is 23.0 Å². The van der Waals surface area contributed by atoms with Gasteiger partial charge in [0.05, 0.1) is 23.5 Å². The lowest BCUT2D eigenvalue weighted by Crippen LogP contribution is -2.11. The molecule has 3 aromatic rings. The maximum atomic E-state index is 12.6. The van der Waals surface area contributed by atoms with Gasteiger partial charge in [0.25, 0.3) is 10.8 Å². The Bertz CT molecular complexity index is 1030. The van der Waals surface area contributed by atoms with Gasteiger partial charge in [-0.2, -0.15) is 22.4 Å². The molecule has 0 spiro atoms. The highest BCUT2D eigenvalue weighted by molar-refractivity contribution is 7.93. The molecule has 0 N–H and O–H groups in total. The first kappa shape index (κ1) is 17.4. The second-order valence-electron chi connectivity index (χ2n) is 5.08. The molecule has 11 heteroatoms. The fraction of sp³-hybridized carbons (Fsp3) is 0.0667. The van der Waals surface area contributed by atoms with Gasteiger partial charge in [0.15, 0.2) is 9.84 Å². The molecule has 3 rings (SSSR count). The summed E-state index contributed by atoms with van der Waals surface area (Å²) in [7, 11) is -2.46. The van der Waals surface area contributed by atoms with Gasteiger partial charge in [0.1, 0.15) is 0 Å². The number of non-ortho nitro benzene ring substituents is 1. The number of sulfone groups is 1. The van der Waals surface area contributed by atoms with E-state index >= 15 is 0 Å². The van der Waals surface area contributed by atoms with Gasteiger partial charge in [-0.25, -0.2) is 8.42 Å². The van der Waals surface area contributed by atoms with Crippen molar-refractivity contribution in [3.63, 3.8) is 0 Å². The highest BCUT2D eigenvalue weighted by atomic mass is 32.2. The molecule has 0 radical (unpaired) electrons. The number of hydrogen-bond acceptors (Lipinski definition) is 8. The third-order valence-corrected chi connectivity index (χ3v) is 4.75. The van der Waals surface area contributed by atoms with E-state index in [9.17, 15) is 18.5 Å². The van der Waals surface area contributed by atoms with Crippen molar-refractivity contribution in [2.75, 3.05) is 7.11 Å². The third kappa shape index (κ3) is 3.47. The molecule has 0 unspecified atom stereocenters. The van der Waals surface area contributed by atoms with Gasteiger partial charge < -0.3 is 4.74 Å². The molecule has 0 bridgehead atoms. The first-order valence-corrected chi connectivity index (χ1v) is 8.72. The Hall–Kier alpha value is -3.47. The van der Waals surface area contributed by atoms with E-state index in [-0.39, 0.29) is 11.4 Å². The predicted molar refractivity (Wildman–Crippen MR) is 89.4 cm³/mol. The Morgan fingerprint density at radius 2 is 1.77 bits per heavy atom. The average molecular weight is 374 g/mol. The van der Waals surface area contributed by atoms with Gasteiger partial charge in [-0.05, 0) is 22.6 Å². The molecule has 0 amide bonds. The Balaban J connectivity index is 1.91. The third-order valence-electron chi connectivity index (χ3n) is 3.41. The molecule has 26 heavy (non-hydrogen) atoms. The van der Waals surface area contributed by atoms with E-state index < -0.39 is 19.9 Å². The molecule has 2 aromatic carbocycles. The van der Waals surface area contributed by atoms with Crippen molar-refractivity contribution < 1.29 is 18.1 Å². The maximum absolute atomic E-state index is 12.6. The van der Waals surface area contributed by atoms with Crippen molar-refractivity contribution in [1.82, 2.24) is 20.2 Å². The van der Waals surface area contributed by atoms with Crippen LogP contribution in [0.15, 0.2) is 53.7 Å². The minimum Gasteiger partial charge on any atom is -0.499 e. The van der Waals surface area contributed by atoms with E-state index in [1.165, 1.54) is 31.4 Å². The summed E-state index contributed by atoms with van der Waals surface area (Å²) in [4.78, 5) is 10.2. The van der Waals surface area contributed by atoms with Crippen molar-refractivity contribution in [2.24, 2.45) is 0 Å². The number of methoxy groups -OCH3 is 1. The lowest BCUT2D eigenvalue weighted by atomic mass is 10.2. The summed E-state index contributed by atoms with van der Waals surface area (Å²) in [5.41, 5.74) is 0.572. The average Bonchev–Trinajstić information content (AvgIpc) is 3.13. The molecular formula is C15H12N5O5S-. The fourth-order valence-electron chi connectivity index (χ4n) is 2.15. The number of nitrogens with zero attached hydrogens (tertiary/aromatic N) is 5. The zero-order valence-electron chi connectivity index (χ0n) is 13.4. The monoisotopic (exact) mass is 374 g/mol. The summed E-state index contributed by atoms with van der Waals surface area (Å²) in [6, 6.07) is 11.6. The largest absolute Gasteiger partial charge is 0.499 e. The summed E-state index contributed by atoms with van der Waals surface area (Å²) >= 11 is 0. The highest BCUT2D eigenvalue weighted by Gasteiger charge is 2.21. The fourth-order valence-corrected chi connectivity index (χ4v) is 3.30. The SMILES string of the molecule is COc1ccc([CH-]S(=O)(=O)c2nnnn2-c2ccc([N+](=O)[O-])cc2)cc1. The van der Waals surface area contributed by atoms with Crippen molar-refractivity contribution in [3.8, 4) is 11.4 Å². The van der Waals surface area contributed by atoms with Crippen LogP contribution in [0, 0.1) is 15.9 Å². The highest BCUT2D eigenvalue weighted by Crippen LogP contribution is 2.21. The van der Waals surface area contributed by atoms with Gasteiger partial charge in [0, 0.05) is 12.1 Å². The first-order chi connectivity index (χ1) is 12.4. The number of nitro benzene ring substituents is 1. The number of tetrazole rings is 1. The molecule has 10 nitrogen and oxygen atoms in total. The van der Waals surface area contributed by atoms with Crippen LogP contribution in [0.1, 0.15) is 5.56 Å². The zero-order chi connectivity index (χ0) is 18.7. The smallest absolute Gasteiger partial charge is 0.269 e. The van der Waals surface area contributed by atoms with Crippen LogP contribution in [0.25, 0.3) is 5.69 Å². The Morgan fingerprint density at radius 1 is 1.12 bits per heavy atom. The molecule has 0 atom stereocenters. The normalized spacial score (nSPS) is 11.1. The minimum absolute atomic E-state index is 0.129. The van der Waals surface area contributed by atoms with E-state index in [0.29, 0.717) is 11.3 Å². The van der Waals surface area contributed by atoms with Gasteiger partial charge in [-0.3, -0.25) is 10.1 Å². The number of rotatable bonds is 6. The van der Waals surface area contributed by atoms with E-state index in [0.717, 1.165) is 10.4 Å². The minimum atomic E-state index is -3.97. The molecular weight excluding hydrogens is 362 g/mol. The second kappa shape index (κ2) is 6.80. The van der Waals surface area contributed by atoms with Crippen LogP contribution in [0.4, 0.5) is 5.69 Å². The molecule has 1 heterocycles. The summed E-state index contributed by atoms with van der Waals surface area (Å²) in [5, 5.41) is 21.0. The Kier molecular flexibility index (Phi) is 4.54. The second-order valence-corrected chi connectivity index (χ2v) is 6.77. The molecule has 134 valence electrons. The quantitative estimate of drug-likeness (QED) is 0.361. The van der Waals surface area contributed by atoms with Crippen LogP contribution in [0.2, 0.25) is 0 Å². The standard InChI is InChI=1S/C15H12N5O5S/c1-25-14-8-2-11(3-9-14)10-26(23,24)15-16-17-18-19(15)12-4-6-13(7-5-12)20(21)22/h2-10H,1H3/q-1. The van der Waals surface area contributed by atoms with Gasteiger partial charge >= 0.3 is 0 Å². The van der Waals surface area contributed by atoms with Gasteiger partial charge in [-0.15, -0.1) is 0 Å². The van der Waals surface area contributed by atoms with Crippen molar-refractivity contribution >= 4 is 15.5 Å². The molecule has 0 saturated heterocycles. The lowest BCUT2D eigenvalue weighted by molar-refractivity contribution is -0.384. The molecule has 0 aliphatic heterocycles. The van der Waals surface area contributed by atoms with Gasteiger partial charge in [0.2, 0.25) is 0 Å². The number of nitro groups is 1. The van der Waals surface area contributed by atoms with E-state index in [1.807, 2.05) is 0 Å². The Morgan fingerprint density at radius 3 is 2.35 bits per heavy atom. The van der Waals surface area contributed by atoms with E-state index in [4.69, 9.17) is 4.74 Å². The summed E-state index contributed by atoms with van der Waals surface area (Å²) < 4.78 is 31.3. The van der Waals surface area contributed by atoms with Crippen LogP contribution in [0.3, 0.4) is 0 Å². The molecule has 1 aromatic heterocycles. The van der Waals surface area contributed by atoms with Crippen molar-refractivity contribution in [3.05, 3.63) is 70.0 Å². The predicted octanol–water partition coefficient (Wildman–Crippen LogP) is 1.56. The van der Waals surface area contributed by atoms with Crippen LogP contribution < -0.4 is 4.74 Å². The number of aromatic nitrogens is 4. The molecule has 0 fully saturated rings. The lowest BCUT2D eigenvalue weighted by Gasteiger charge is -2.12. The van der Waals surface area contributed by atoms with Crippen LogP contribution in [0.5, 0.6) is 5.75 Å². The number of benzene rings is 2. The van der Waals surface area contributed by atoms with Crippen LogP contribution in [-0.4, -0.2) is 40.7 Å². The van der Waals surface area contributed by atoms with Crippen LogP contribution >= 0.6 is 0 Å². The summed E-state index contributed by atoms with van der Waals surface area (Å²) in [5.74, 6) is 1.62.